The maximum absolute atomic E-state index is 6.61. The quantitative estimate of drug-likeness (QED) is 0.151. The summed E-state index contributed by atoms with van der Waals surface area (Å²) in [6.07, 6.45) is 0. The number of furan rings is 1. The average Bonchev–Trinajstić information content (AvgIpc) is 3.76. The summed E-state index contributed by atoms with van der Waals surface area (Å²) in [5, 5.41) is 5.68. The number of fused-ring (bicyclic) bond motifs is 7. The van der Waals surface area contributed by atoms with Crippen LogP contribution in [0.25, 0.3) is 122 Å². The van der Waals surface area contributed by atoms with Crippen LogP contribution in [-0.2, 0) is 0 Å². The SMILES string of the molecule is c1ccc(-c2ccc(-c3cc(-c4ccc(-c5ccc(-c6nc7ccc8ccccc8c7c7c6oc6ccccc67)cc5)cc4)nc(-c4ccc(-c5ccccc5)cc4)n3)cc2)cc1. The molecule has 0 radical (unpaired) electrons. The highest BCUT2D eigenvalue weighted by Crippen LogP contribution is 2.42. The Labute approximate surface area is 364 Å². The molecule has 12 rings (SSSR count). The monoisotopic (exact) mass is 803 g/mol. The van der Waals surface area contributed by atoms with Gasteiger partial charge in [0.25, 0.3) is 0 Å². The molecule has 0 saturated carbocycles. The molecule has 0 aliphatic rings. The van der Waals surface area contributed by atoms with E-state index in [-0.39, 0.29) is 0 Å². The molecule has 0 atom stereocenters. The predicted molar refractivity (Wildman–Crippen MR) is 260 cm³/mol. The Morgan fingerprint density at radius 2 is 0.746 bits per heavy atom. The fraction of sp³-hybridized carbons (Fsp3) is 0. The molecular formula is C59H37N3O. The first-order valence-electron chi connectivity index (χ1n) is 21.2. The van der Waals surface area contributed by atoms with E-state index in [9.17, 15) is 0 Å². The van der Waals surface area contributed by atoms with Crippen LogP contribution in [0, 0.1) is 0 Å². The Hall–Kier alpha value is -8.47. The Morgan fingerprint density at radius 3 is 1.32 bits per heavy atom. The second kappa shape index (κ2) is 15.2. The summed E-state index contributed by atoms with van der Waals surface area (Å²) in [4.78, 5) is 15.6. The summed E-state index contributed by atoms with van der Waals surface area (Å²) in [6, 6.07) is 78.5. The molecule has 12 aromatic rings. The minimum Gasteiger partial charge on any atom is -0.454 e. The molecule has 3 aromatic heterocycles. The standard InChI is InChI=1S/C59H37N3O/c1-3-11-38(12-4-1)40-19-27-45(28-20-40)52-37-53(62-59(61-52)48-33-25-41(26-34-48)39-13-5-2-6-14-39)46-29-21-42(22-30-46)43-23-31-47(32-24-43)57-58-56(50-17-9-10-18-54(50)63-58)55-49-16-8-7-15-44(49)35-36-51(55)60-57/h1-37H. The first-order valence-corrected chi connectivity index (χ1v) is 21.2. The molecule has 0 bridgehead atoms. The third-order valence-electron chi connectivity index (χ3n) is 12.1. The van der Waals surface area contributed by atoms with E-state index >= 15 is 0 Å². The Balaban J connectivity index is 0.896. The lowest BCUT2D eigenvalue weighted by Crippen LogP contribution is -1.96. The number of pyridine rings is 1. The van der Waals surface area contributed by atoms with Crippen molar-refractivity contribution in [3.8, 4) is 78.5 Å². The second-order valence-electron chi connectivity index (χ2n) is 15.9. The summed E-state index contributed by atoms with van der Waals surface area (Å²) in [6.45, 7) is 0. The minimum atomic E-state index is 0.683. The fourth-order valence-electron chi connectivity index (χ4n) is 8.88. The maximum atomic E-state index is 6.61. The van der Waals surface area contributed by atoms with Crippen LogP contribution < -0.4 is 0 Å². The number of rotatable bonds is 7. The molecule has 0 amide bonds. The van der Waals surface area contributed by atoms with E-state index in [1.807, 2.05) is 24.3 Å². The second-order valence-corrected chi connectivity index (χ2v) is 15.9. The van der Waals surface area contributed by atoms with Crippen LogP contribution in [0.4, 0.5) is 0 Å². The summed E-state index contributed by atoms with van der Waals surface area (Å²) in [7, 11) is 0. The number of benzene rings is 9. The minimum absolute atomic E-state index is 0.683. The molecule has 0 aliphatic heterocycles. The summed E-state index contributed by atoms with van der Waals surface area (Å²) < 4.78 is 6.61. The largest absolute Gasteiger partial charge is 0.454 e. The smallest absolute Gasteiger partial charge is 0.162 e. The molecule has 4 nitrogen and oxygen atoms in total. The van der Waals surface area contributed by atoms with Crippen LogP contribution >= 0.6 is 0 Å². The number of hydrogen-bond donors (Lipinski definition) is 0. The highest BCUT2D eigenvalue weighted by molar-refractivity contribution is 6.27. The van der Waals surface area contributed by atoms with Gasteiger partial charge in [0.15, 0.2) is 11.4 Å². The van der Waals surface area contributed by atoms with Crippen molar-refractivity contribution in [3.05, 3.63) is 224 Å². The molecule has 0 fully saturated rings. The Kier molecular flexibility index (Phi) is 8.79. The van der Waals surface area contributed by atoms with E-state index in [0.717, 1.165) is 88.9 Å². The van der Waals surface area contributed by atoms with Crippen molar-refractivity contribution in [2.24, 2.45) is 0 Å². The number of nitrogens with zero attached hydrogens (tertiary/aromatic N) is 3. The first kappa shape index (κ1) is 36.4. The van der Waals surface area contributed by atoms with Gasteiger partial charge in [0.2, 0.25) is 0 Å². The normalized spacial score (nSPS) is 11.5. The van der Waals surface area contributed by atoms with Gasteiger partial charge in [-0.2, -0.15) is 0 Å². The molecule has 3 heterocycles. The van der Waals surface area contributed by atoms with Crippen LogP contribution in [0.1, 0.15) is 0 Å². The molecular weight excluding hydrogens is 767 g/mol. The third-order valence-corrected chi connectivity index (χ3v) is 12.1. The predicted octanol–water partition coefficient (Wildman–Crippen LogP) is 15.7. The van der Waals surface area contributed by atoms with E-state index in [0.29, 0.717) is 5.82 Å². The van der Waals surface area contributed by atoms with Gasteiger partial charge in [-0.05, 0) is 62.4 Å². The van der Waals surface area contributed by atoms with Crippen molar-refractivity contribution >= 4 is 43.6 Å². The van der Waals surface area contributed by atoms with Gasteiger partial charge in [-0.3, -0.25) is 0 Å². The van der Waals surface area contributed by atoms with Crippen LogP contribution in [0.3, 0.4) is 0 Å². The number of para-hydroxylation sites is 1. The van der Waals surface area contributed by atoms with E-state index in [1.165, 1.54) is 27.5 Å². The van der Waals surface area contributed by atoms with E-state index in [1.54, 1.807) is 0 Å². The van der Waals surface area contributed by atoms with Crippen LogP contribution in [0.2, 0.25) is 0 Å². The highest BCUT2D eigenvalue weighted by Gasteiger charge is 2.19. The number of hydrogen-bond acceptors (Lipinski definition) is 4. The fourth-order valence-corrected chi connectivity index (χ4v) is 8.88. The zero-order valence-electron chi connectivity index (χ0n) is 34.1. The van der Waals surface area contributed by atoms with Crippen molar-refractivity contribution in [2.75, 3.05) is 0 Å². The average molecular weight is 804 g/mol. The molecule has 0 aliphatic carbocycles. The van der Waals surface area contributed by atoms with Crippen molar-refractivity contribution in [1.82, 2.24) is 15.0 Å². The Bertz CT molecular complexity index is 3520. The van der Waals surface area contributed by atoms with Gasteiger partial charge < -0.3 is 4.42 Å². The first-order chi connectivity index (χ1) is 31.2. The van der Waals surface area contributed by atoms with Gasteiger partial charge in [-0.1, -0.05) is 206 Å². The lowest BCUT2D eigenvalue weighted by molar-refractivity contribution is 0.669. The molecule has 0 saturated heterocycles. The topological polar surface area (TPSA) is 51.8 Å². The molecule has 0 N–H and O–H groups in total. The number of aromatic nitrogens is 3. The maximum Gasteiger partial charge on any atom is 0.162 e. The molecule has 0 unspecified atom stereocenters. The highest BCUT2D eigenvalue weighted by atomic mass is 16.3. The van der Waals surface area contributed by atoms with Gasteiger partial charge in [-0.15, -0.1) is 0 Å². The van der Waals surface area contributed by atoms with E-state index < -0.39 is 0 Å². The molecule has 9 aromatic carbocycles. The van der Waals surface area contributed by atoms with Crippen molar-refractivity contribution in [2.45, 2.75) is 0 Å². The van der Waals surface area contributed by atoms with Crippen molar-refractivity contribution < 1.29 is 4.42 Å². The van der Waals surface area contributed by atoms with Gasteiger partial charge >= 0.3 is 0 Å². The summed E-state index contributed by atoms with van der Waals surface area (Å²) in [5.74, 6) is 0.683. The van der Waals surface area contributed by atoms with Crippen LogP contribution in [0.15, 0.2) is 229 Å². The summed E-state index contributed by atoms with van der Waals surface area (Å²) >= 11 is 0. The zero-order chi connectivity index (χ0) is 41.7. The van der Waals surface area contributed by atoms with Gasteiger partial charge in [-0.25, -0.2) is 15.0 Å². The lowest BCUT2D eigenvalue weighted by Gasteiger charge is -2.12. The summed E-state index contributed by atoms with van der Waals surface area (Å²) in [5.41, 5.74) is 16.1. The van der Waals surface area contributed by atoms with Crippen molar-refractivity contribution in [1.29, 1.82) is 0 Å². The van der Waals surface area contributed by atoms with Gasteiger partial charge in [0.1, 0.15) is 11.3 Å². The van der Waals surface area contributed by atoms with Gasteiger partial charge in [0.05, 0.1) is 16.9 Å². The van der Waals surface area contributed by atoms with Gasteiger partial charge in [0, 0.05) is 38.4 Å². The van der Waals surface area contributed by atoms with Crippen LogP contribution in [-0.4, -0.2) is 15.0 Å². The molecule has 0 spiro atoms. The molecule has 4 heteroatoms. The Morgan fingerprint density at radius 1 is 0.302 bits per heavy atom. The zero-order valence-corrected chi connectivity index (χ0v) is 34.1. The van der Waals surface area contributed by atoms with E-state index in [2.05, 4.69) is 200 Å². The lowest BCUT2D eigenvalue weighted by atomic mass is 9.97. The molecule has 294 valence electrons. The third kappa shape index (κ3) is 6.62. The van der Waals surface area contributed by atoms with Crippen molar-refractivity contribution in [3.63, 3.8) is 0 Å². The van der Waals surface area contributed by atoms with E-state index in [4.69, 9.17) is 19.4 Å². The van der Waals surface area contributed by atoms with Crippen LogP contribution in [0.5, 0.6) is 0 Å². The molecule has 63 heavy (non-hydrogen) atoms.